The highest BCUT2D eigenvalue weighted by atomic mass is 16.5. The molecular weight excluding hydrogens is 342 g/mol. The number of piperidine rings is 1. The van der Waals surface area contributed by atoms with Crippen LogP contribution in [0.15, 0.2) is 18.2 Å². The monoisotopic (exact) mass is 367 g/mol. The summed E-state index contributed by atoms with van der Waals surface area (Å²) in [5.41, 5.74) is 2.96. The zero-order chi connectivity index (χ0) is 18.8. The number of aryl methyl sites for hydroxylation is 3. The molecule has 4 heterocycles. The quantitative estimate of drug-likeness (QED) is 0.685. The zero-order valence-electron chi connectivity index (χ0n) is 16.1. The van der Waals surface area contributed by atoms with Crippen LogP contribution >= 0.6 is 0 Å². The number of rotatable bonds is 5. The van der Waals surface area contributed by atoms with Gasteiger partial charge >= 0.3 is 0 Å². The molecule has 1 fully saturated rings. The molecule has 1 aliphatic heterocycles. The summed E-state index contributed by atoms with van der Waals surface area (Å²) in [6, 6.07) is 6.01. The van der Waals surface area contributed by atoms with Crippen molar-refractivity contribution in [1.29, 1.82) is 0 Å². The van der Waals surface area contributed by atoms with Gasteiger partial charge in [-0.15, -0.1) is 20.4 Å². The largest absolute Gasteiger partial charge is 0.476 e. The predicted molar refractivity (Wildman–Crippen MR) is 102 cm³/mol. The minimum absolute atomic E-state index is 0.523. The Balaban J connectivity index is 1.33. The van der Waals surface area contributed by atoms with Crippen LogP contribution in [0.1, 0.15) is 36.8 Å². The molecule has 0 bridgehead atoms. The lowest BCUT2D eigenvalue weighted by Gasteiger charge is -2.32. The maximum Gasteiger partial charge on any atom is 0.233 e. The van der Waals surface area contributed by atoms with Crippen molar-refractivity contribution >= 4 is 11.5 Å². The fourth-order valence-corrected chi connectivity index (χ4v) is 3.49. The first kappa shape index (κ1) is 17.6. The van der Waals surface area contributed by atoms with Crippen LogP contribution < -0.4 is 9.64 Å². The summed E-state index contributed by atoms with van der Waals surface area (Å²) in [5, 5.41) is 21.2. The molecule has 8 nitrogen and oxygen atoms in total. The average Bonchev–Trinajstić information content (AvgIpc) is 3.08. The molecule has 8 heteroatoms. The highest BCUT2D eigenvalue weighted by Crippen LogP contribution is 2.23. The van der Waals surface area contributed by atoms with Crippen molar-refractivity contribution < 1.29 is 4.74 Å². The molecule has 0 atom stereocenters. The maximum atomic E-state index is 5.92. The summed E-state index contributed by atoms with van der Waals surface area (Å²) >= 11 is 0. The third kappa shape index (κ3) is 3.70. The highest BCUT2D eigenvalue weighted by molar-refractivity contribution is 5.45. The van der Waals surface area contributed by atoms with Gasteiger partial charge in [-0.05, 0) is 56.7 Å². The molecule has 0 saturated carbocycles. The van der Waals surface area contributed by atoms with Gasteiger partial charge in [0.2, 0.25) is 5.88 Å². The fraction of sp³-hybridized carbons (Fsp3) is 0.526. The van der Waals surface area contributed by atoms with Gasteiger partial charge in [-0.3, -0.25) is 0 Å². The molecule has 0 aliphatic carbocycles. The Morgan fingerprint density at radius 3 is 2.67 bits per heavy atom. The van der Waals surface area contributed by atoms with Gasteiger partial charge in [0.1, 0.15) is 5.82 Å². The van der Waals surface area contributed by atoms with Crippen LogP contribution in [0.3, 0.4) is 0 Å². The molecule has 142 valence electrons. The normalized spacial score (nSPS) is 15.4. The lowest BCUT2D eigenvalue weighted by molar-refractivity contribution is 0.213. The highest BCUT2D eigenvalue weighted by Gasteiger charge is 2.21. The Kier molecular flexibility index (Phi) is 4.87. The van der Waals surface area contributed by atoms with E-state index < -0.39 is 0 Å². The van der Waals surface area contributed by atoms with Gasteiger partial charge in [0.15, 0.2) is 11.5 Å². The van der Waals surface area contributed by atoms with E-state index in [-0.39, 0.29) is 0 Å². The van der Waals surface area contributed by atoms with Gasteiger partial charge in [-0.1, -0.05) is 6.92 Å². The fourth-order valence-electron chi connectivity index (χ4n) is 3.49. The molecule has 0 aromatic carbocycles. The predicted octanol–water partition coefficient (Wildman–Crippen LogP) is 2.39. The first-order chi connectivity index (χ1) is 13.1. The third-order valence-corrected chi connectivity index (χ3v) is 5.25. The molecule has 0 unspecified atom stereocenters. The average molecular weight is 367 g/mol. The molecule has 0 radical (unpaired) electrons. The van der Waals surface area contributed by atoms with Crippen LogP contribution in [-0.4, -0.2) is 49.7 Å². The van der Waals surface area contributed by atoms with Crippen LogP contribution in [0.5, 0.6) is 5.88 Å². The Bertz CT molecular complexity index is 931. The van der Waals surface area contributed by atoms with Crippen LogP contribution in [0, 0.1) is 19.8 Å². The van der Waals surface area contributed by atoms with E-state index in [1.165, 1.54) is 5.56 Å². The van der Waals surface area contributed by atoms with E-state index >= 15 is 0 Å². The first-order valence-corrected chi connectivity index (χ1v) is 9.54. The molecule has 0 spiro atoms. The zero-order valence-corrected chi connectivity index (χ0v) is 16.1. The SMILES string of the molecule is CCc1cc(OCC2CCN(c3ccc4nnc(C)n4n3)CC2)nnc1C. The lowest BCUT2D eigenvalue weighted by atomic mass is 9.98. The van der Waals surface area contributed by atoms with Gasteiger partial charge in [0.05, 0.1) is 12.3 Å². The number of aromatic nitrogens is 6. The molecular formula is C19H25N7O. The second kappa shape index (κ2) is 7.46. The van der Waals surface area contributed by atoms with Crippen molar-refractivity contribution in [2.24, 2.45) is 5.92 Å². The Labute approximate surface area is 158 Å². The number of hydrogen-bond donors (Lipinski definition) is 0. The van der Waals surface area contributed by atoms with Crippen molar-refractivity contribution in [2.75, 3.05) is 24.6 Å². The van der Waals surface area contributed by atoms with Crippen LogP contribution in [0.25, 0.3) is 5.65 Å². The number of hydrogen-bond acceptors (Lipinski definition) is 7. The second-order valence-electron chi connectivity index (χ2n) is 7.10. The first-order valence-electron chi connectivity index (χ1n) is 9.54. The summed E-state index contributed by atoms with van der Waals surface area (Å²) < 4.78 is 7.72. The smallest absolute Gasteiger partial charge is 0.233 e. The maximum absolute atomic E-state index is 5.92. The Morgan fingerprint density at radius 1 is 1.07 bits per heavy atom. The number of fused-ring (bicyclic) bond motifs is 1. The standard InChI is InChI=1S/C19H25N7O/c1-4-16-11-19(23-20-13(16)2)27-12-15-7-9-25(10-8-15)18-6-5-17-22-21-14(3)26(17)24-18/h5-6,11,15H,4,7-10,12H2,1-3H3. The third-order valence-electron chi connectivity index (χ3n) is 5.25. The van der Waals surface area contributed by atoms with Gasteiger partial charge in [-0.25, -0.2) is 0 Å². The molecule has 1 aliphatic rings. The van der Waals surface area contributed by atoms with Gasteiger partial charge in [0.25, 0.3) is 0 Å². The second-order valence-corrected chi connectivity index (χ2v) is 7.10. The minimum atomic E-state index is 0.523. The number of nitrogens with zero attached hydrogens (tertiary/aromatic N) is 7. The van der Waals surface area contributed by atoms with E-state index in [1.54, 1.807) is 4.52 Å². The van der Waals surface area contributed by atoms with Crippen LogP contribution in [-0.2, 0) is 6.42 Å². The summed E-state index contributed by atoms with van der Waals surface area (Å²) in [6.07, 6.45) is 3.08. The summed E-state index contributed by atoms with van der Waals surface area (Å²) in [5.74, 6) is 2.94. The molecule has 27 heavy (non-hydrogen) atoms. The molecule has 3 aromatic heterocycles. The van der Waals surface area contributed by atoms with E-state index in [9.17, 15) is 0 Å². The molecule has 0 amide bonds. The van der Waals surface area contributed by atoms with E-state index in [0.29, 0.717) is 18.4 Å². The summed E-state index contributed by atoms with van der Waals surface area (Å²) in [7, 11) is 0. The Morgan fingerprint density at radius 2 is 1.89 bits per heavy atom. The minimum Gasteiger partial charge on any atom is -0.476 e. The topological polar surface area (TPSA) is 81.3 Å². The van der Waals surface area contributed by atoms with Crippen LogP contribution in [0.4, 0.5) is 5.82 Å². The Hall–Kier alpha value is -2.77. The van der Waals surface area contributed by atoms with Gasteiger partial charge < -0.3 is 9.64 Å². The molecule has 4 rings (SSSR count). The van der Waals surface area contributed by atoms with E-state index in [1.807, 2.05) is 32.0 Å². The van der Waals surface area contributed by atoms with E-state index in [4.69, 9.17) is 4.74 Å². The number of anilines is 1. The van der Waals surface area contributed by atoms with Crippen molar-refractivity contribution in [3.8, 4) is 5.88 Å². The number of ether oxygens (including phenoxy) is 1. The van der Waals surface area contributed by atoms with Crippen molar-refractivity contribution in [2.45, 2.75) is 40.0 Å². The van der Waals surface area contributed by atoms with Crippen LogP contribution in [0.2, 0.25) is 0 Å². The lowest BCUT2D eigenvalue weighted by Crippen LogP contribution is -2.36. The molecule has 3 aromatic rings. The van der Waals surface area contributed by atoms with E-state index in [0.717, 1.165) is 55.3 Å². The van der Waals surface area contributed by atoms with Gasteiger partial charge in [-0.2, -0.15) is 9.61 Å². The van der Waals surface area contributed by atoms with Crippen molar-refractivity contribution in [3.63, 3.8) is 0 Å². The summed E-state index contributed by atoms with van der Waals surface area (Å²) in [4.78, 5) is 2.32. The van der Waals surface area contributed by atoms with E-state index in [2.05, 4.69) is 37.3 Å². The van der Waals surface area contributed by atoms with Crippen molar-refractivity contribution in [3.05, 3.63) is 35.3 Å². The molecule has 1 saturated heterocycles. The summed E-state index contributed by atoms with van der Waals surface area (Å²) in [6.45, 7) is 8.64. The van der Waals surface area contributed by atoms with Crippen molar-refractivity contribution in [1.82, 2.24) is 30.0 Å². The molecule has 0 N–H and O–H groups in total. The van der Waals surface area contributed by atoms with Gasteiger partial charge in [0, 0.05) is 19.2 Å².